The molecule has 0 fully saturated rings. The van der Waals surface area contributed by atoms with Gasteiger partial charge in [-0.3, -0.25) is 4.79 Å². The normalized spacial score (nSPS) is 10.2. The number of rotatable bonds is 3. The van der Waals surface area contributed by atoms with Gasteiger partial charge in [0.05, 0.1) is 0 Å². The van der Waals surface area contributed by atoms with E-state index in [0.29, 0.717) is 0 Å². The second-order valence-electron chi connectivity index (χ2n) is 4.11. The molecule has 0 N–H and O–H groups in total. The van der Waals surface area contributed by atoms with Crippen molar-refractivity contribution in [1.29, 1.82) is 0 Å². The lowest BCUT2D eigenvalue weighted by Crippen LogP contribution is -2.22. The van der Waals surface area contributed by atoms with Crippen LogP contribution in [0.2, 0.25) is 0 Å². The van der Waals surface area contributed by atoms with E-state index in [1.54, 1.807) is 10.6 Å². The van der Waals surface area contributed by atoms with Gasteiger partial charge in [-0.05, 0) is 33.5 Å². The average Bonchev–Trinajstić information content (AvgIpc) is 2.23. The maximum Gasteiger partial charge on any atom is 0.250 e. The van der Waals surface area contributed by atoms with E-state index < -0.39 is 0 Å². The molecular formula is C13H24N2O. The molecule has 0 atom stereocenters. The third-order valence-electron chi connectivity index (χ3n) is 2.05. The van der Waals surface area contributed by atoms with Crippen LogP contribution >= 0.6 is 0 Å². The number of hydrogen-bond donors (Lipinski definition) is 0. The highest BCUT2D eigenvalue weighted by Crippen LogP contribution is 2.04. The zero-order valence-corrected chi connectivity index (χ0v) is 11.3. The molecule has 1 aromatic heterocycles. The molecule has 0 aliphatic carbocycles. The lowest BCUT2D eigenvalue weighted by molar-refractivity contribution is 0.399. The largest absolute Gasteiger partial charge is 0.313 e. The monoisotopic (exact) mass is 224 g/mol. The third-order valence-corrected chi connectivity index (χ3v) is 2.05. The van der Waals surface area contributed by atoms with Gasteiger partial charge in [0.2, 0.25) is 0 Å². The minimum Gasteiger partial charge on any atom is -0.313 e. The molecule has 0 radical (unpaired) electrons. The Bertz CT molecular complexity index is 353. The van der Waals surface area contributed by atoms with Gasteiger partial charge in [-0.1, -0.05) is 19.9 Å². The number of nitrogens with zero attached hydrogens (tertiary/aromatic N) is 2. The van der Waals surface area contributed by atoms with E-state index in [-0.39, 0.29) is 11.6 Å². The summed E-state index contributed by atoms with van der Waals surface area (Å²) in [6.07, 6.45) is 1.94. The fraction of sp³-hybridized carbons (Fsp3) is 0.615. The molecule has 1 aromatic rings. The summed E-state index contributed by atoms with van der Waals surface area (Å²) in [5.41, 5.74) is 1.24. The molecule has 0 aliphatic heterocycles. The Kier molecular flexibility index (Phi) is 6.74. The lowest BCUT2D eigenvalue weighted by Gasteiger charge is -2.14. The summed E-state index contributed by atoms with van der Waals surface area (Å²) in [4.78, 5) is 13.5. The first-order valence-electron chi connectivity index (χ1n) is 5.86. The van der Waals surface area contributed by atoms with E-state index in [0.717, 1.165) is 6.54 Å². The quantitative estimate of drug-likeness (QED) is 0.788. The highest BCUT2D eigenvalue weighted by Gasteiger charge is 2.02. The van der Waals surface area contributed by atoms with Crippen LogP contribution in [0.25, 0.3) is 0 Å². The van der Waals surface area contributed by atoms with Gasteiger partial charge in [0, 0.05) is 24.8 Å². The smallest absolute Gasteiger partial charge is 0.250 e. The summed E-state index contributed by atoms with van der Waals surface area (Å²) in [6, 6.07) is 3.75. The summed E-state index contributed by atoms with van der Waals surface area (Å²) in [6.45, 7) is 8.90. The fourth-order valence-electron chi connectivity index (χ4n) is 1.41. The van der Waals surface area contributed by atoms with Crippen molar-refractivity contribution in [3.63, 3.8) is 0 Å². The van der Waals surface area contributed by atoms with Crippen LogP contribution in [0.3, 0.4) is 0 Å². The Morgan fingerprint density at radius 1 is 1.25 bits per heavy atom. The first kappa shape index (κ1) is 14.9. The number of pyridine rings is 1. The van der Waals surface area contributed by atoms with Gasteiger partial charge < -0.3 is 9.47 Å². The van der Waals surface area contributed by atoms with Crippen molar-refractivity contribution in [3.05, 3.63) is 34.2 Å². The Balaban J connectivity index is 0.00000106. The Morgan fingerprint density at radius 2 is 1.81 bits per heavy atom. The molecule has 0 amide bonds. The van der Waals surface area contributed by atoms with Gasteiger partial charge in [0.25, 0.3) is 5.56 Å². The van der Waals surface area contributed by atoms with E-state index in [4.69, 9.17) is 0 Å². The van der Waals surface area contributed by atoms with Gasteiger partial charge in [0.1, 0.15) is 0 Å². The van der Waals surface area contributed by atoms with Crippen molar-refractivity contribution < 1.29 is 0 Å². The Labute approximate surface area is 98.7 Å². The summed E-state index contributed by atoms with van der Waals surface area (Å²) < 4.78 is 1.76. The predicted octanol–water partition coefficient (Wildman–Crippen LogP) is 2.52. The van der Waals surface area contributed by atoms with E-state index in [9.17, 15) is 4.79 Å². The molecule has 0 saturated heterocycles. The summed E-state index contributed by atoms with van der Waals surface area (Å²) in [7, 11) is 4.04. The highest BCUT2D eigenvalue weighted by molar-refractivity contribution is 5.10. The van der Waals surface area contributed by atoms with Crippen LogP contribution in [0.15, 0.2) is 23.1 Å². The maximum atomic E-state index is 11.4. The molecular weight excluding hydrogens is 200 g/mol. The van der Waals surface area contributed by atoms with Crippen molar-refractivity contribution >= 4 is 0 Å². The third kappa shape index (κ3) is 4.62. The van der Waals surface area contributed by atoms with Crippen molar-refractivity contribution in [2.45, 2.75) is 40.3 Å². The molecule has 1 heterocycles. The van der Waals surface area contributed by atoms with Gasteiger partial charge in [0.15, 0.2) is 0 Å². The van der Waals surface area contributed by atoms with Gasteiger partial charge >= 0.3 is 0 Å². The molecule has 3 heteroatoms. The van der Waals surface area contributed by atoms with Crippen LogP contribution in [0, 0.1) is 0 Å². The SMILES string of the molecule is CC.CC(C)n1cc(CN(C)C)ccc1=O. The van der Waals surface area contributed by atoms with Gasteiger partial charge in [-0.15, -0.1) is 0 Å². The van der Waals surface area contributed by atoms with Crippen LogP contribution in [-0.2, 0) is 6.54 Å². The molecule has 0 bridgehead atoms. The topological polar surface area (TPSA) is 25.2 Å². The molecule has 0 aromatic carbocycles. The van der Waals surface area contributed by atoms with E-state index >= 15 is 0 Å². The second kappa shape index (κ2) is 7.23. The summed E-state index contributed by atoms with van der Waals surface area (Å²) in [5, 5.41) is 0. The molecule has 0 unspecified atom stereocenters. The Morgan fingerprint density at radius 3 is 2.25 bits per heavy atom. The molecule has 0 saturated carbocycles. The minimum atomic E-state index is 0.0718. The van der Waals surface area contributed by atoms with Crippen molar-refractivity contribution in [1.82, 2.24) is 9.47 Å². The first-order chi connectivity index (χ1) is 7.50. The first-order valence-corrected chi connectivity index (χ1v) is 5.86. The van der Waals surface area contributed by atoms with Crippen LogP contribution in [0.5, 0.6) is 0 Å². The second-order valence-corrected chi connectivity index (χ2v) is 4.11. The molecule has 0 spiro atoms. The number of hydrogen-bond acceptors (Lipinski definition) is 2. The Hall–Kier alpha value is -1.09. The summed E-state index contributed by atoms with van der Waals surface area (Å²) >= 11 is 0. The minimum absolute atomic E-state index is 0.0718. The standard InChI is InChI=1S/C11H18N2O.C2H6/c1-9(2)13-8-10(7-12(3)4)5-6-11(13)14;1-2/h5-6,8-9H,7H2,1-4H3;1-2H3. The molecule has 92 valence electrons. The number of aromatic nitrogens is 1. The van der Waals surface area contributed by atoms with E-state index in [2.05, 4.69) is 4.90 Å². The van der Waals surface area contributed by atoms with Crippen LogP contribution < -0.4 is 5.56 Å². The predicted molar refractivity (Wildman–Crippen MR) is 69.8 cm³/mol. The van der Waals surface area contributed by atoms with E-state index in [1.165, 1.54) is 5.56 Å². The molecule has 16 heavy (non-hydrogen) atoms. The van der Waals surface area contributed by atoms with Crippen LogP contribution in [-0.4, -0.2) is 23.6 Å². The average molecular weight is 224 g/mol. The van der Waals surface area contributed by atoms with Gasteiger partial charge in [-0.2, -0.15) is 0 Å². The molecule has 0 aliphatic rings. The zero-order valence-electron chi connectivity index (χ0n) is 11.3. The van der Waals surface area contributed by atoms with Crippen LogP contribution in [0.1, 0.15) is 39.3 Å². The zero-order chi connectivity index (χ0) is 12.7. The molecule has 1 rings (SSSR count). The van der Waals surface area contributed by atoms with Crippen LogP contribution in [0.4, 0.5) is 0 Å². The van der Waals surface area contributed by atoms with Gasteiger partial charge in [-0.25, -0.2) is 0 Å². The maximum absolute atomic E-state index is 11.4. The van der Waals surface area contributed by atoms with Crippen molar-refractivity contribution in [3.8, 4) is 0 Å². The van der Waals surface area contributed by atoms with Crippen molar-refractivity contribution in [2.75, 3.05) is 14.1 Å². The molecule has 3 nitrogen and oxygen atoms in total. The summed E-state index contributed by atoms with van der Waals surface area (Å²) in [5.74, 6) is 0. The van der Waals surface area contributed by atoms with E-state index in [1.807, 2.05) is 54.1 Å². The van der Waals surface area contributed by atoms with Crippen molar-refractivity contribution in [2.24, 2.45) is 0 Å². The fourth-order valence-corrected chi connectivity index (χ4v) is 1.41. The highest BCUT2D eigenvalue weighted by atomic mass is 16.1. The lowest BCUT2D eigenvalue weighted by atomic mass is 10.2.